The van der Waals surface area contributed by atoms with Gasteiger partial charge in [-0.3, -0.25) is 5.32 Å². The zero-order valence-electron chi connectivity index (χ0n) is 14.1. The van der Waals surface area contributed by atoms with Crippen molar-refractivity contribution in [3.63, 3.8) is 0 Å². The molecule has 0 radical (unpaired) electrons. The predicted molar refractivity (Wildman–Crippen MR) is 89.5 cm³/mol. The van der Waals surface area contributed by atoms with Crippen LogP contribution in [-0.2, 0) is 4.74 Å². The van der Waals surface area contributed by atoms with Crippen LogP contribution in [0.25, 0.3) is 0 Å². The summed E-state index contributed by atoms with van der Waals surface area (Å²) in [7, 11) is 0. The van der Waals surface area contributed by atoms with Crippen LogP contribution in [0.5, 0.6) is 5.75 Å². The quantitative estimate of drug-likeness (QED) is 0.757. The third kappa shape index (κ3) is 7.31. The van der Waals surface area contributed by atoms with Gasteiger partial charge in [0.25, 0.3) is 0 Å². The van der Waals surface area contributed by atoms with Gasteiger partial charge < -0.3 is 14.4 Å². The number of hydrogen-bond donors (Lipinski definition) is 1. The van der Waals surface area contributed by atoms with Crippen molar-refractivity contribution in [3.8, 4) is 5.75 Å². The van der Waals surface area contributed by atoms with Crippen molar-refractivity contribution in [2.75, 3.05) is 38.2 Å². The van der Waals surface area contributed by atoms with Crippen LogP contribution in [-0.4, -0.2) is 43.8 Å². The minimum atomic E-state index is -0.427. The summed E-state index contributed by atoms with van der Waals surface area (Å²) in [5.41, 5.74) is 0.699. The Bertz CT molecular complexity index is 428. The number of hydrogen-bond acceptors (Lipinski definition) is 4. The van der Waals surface area contributed by atoms with E-state index in [-0.39, 0.29) is 0 Å². The van der Waals surface area contributed by atoms with E-state index >= 15 is 0 Å². The van der Waals surface area contributed by atoms with Crippen LogP contribution >= 0.6 is 0 Å². The molecule has 0 unspecified atom stereocenters. The topological polar surface area (TPSA) is 50.8 Å². The van der Waals surface area contributed by atoms with Crippen LogP contribution in [0.2, 0.25) is 0 Å². The molecule has 0 aliphatic carbocycles. The highest BCUT2D eigenvalue weighted by Gasteiger charge is 2.05. The Morgan fingerprint density at radius 1 is 1.18 bits per heavy atom. The molecule has 1 amide bonds. The van der Waals surface area contributed by atoms with Crippen molar-refractivity contribution in [2.24, 2.45) is 5.92 Å². The highest BCUT2D eigenvalue weighted by atomic mass is 16.5. The Kier molecular flexibility index (Phi) is 8.36. The van der Waals surface area contributed by atoms with Gasteiger partial charge in [-0.25, -0.2) is 4.79 Å². The molecule has 124 valence electrons. The van der Waals surface area contributed by atoms with E-state index in [2.05, 4.69) is 24.1 Å². The largest absolute Gasteiger partial charge is 0.492 e. The maximum absolute atomic E-state index is 11.5. The SMILES string of the molecule is CCN(CC)CCOc1ccc(NC(=O)OCC(C)C)cc1. The number of carbonyl (C=O) groups excluding carboxylic acids is 1. The molecule has 0 heterocycles. The molecule has 0 saturated carbocycles. The van der Waals surface area contributed by atoms with Gasteiger partial charge in [-0.15, -0.1) is 0 Å². The zero-order valence-corrected chi connectivity index (χ0v) is 14.1. The third-order valence-corrected chi connectivity index (χ3v) is 3.22. The summed E-state index contributed by atoms with van der Waals surface area (Å²) < 4.78 is 10.8. The first-order chi connectivity index (χ1) is 10.5. The first-order valence-corrected chi connectivity index (χ1v) is 7.94. The van der Waals surface area contributed by atoms with Gasteiger partial charge in [0, 0.05) is 12.2 Å². The Hall–Kier alpha value is -1.75. The molecule has 1 rings (SSSR count). The monoisotopic (exact) mass is 308 g/mol. The summed E-state index contributed by atoms with van der Waals surface area (Å²) in [6.45, 7) is 12.3. The highest BCUT2D eigenvalue weighted by Crippen LogP contribution is 2.16. The number of rotatable bonds is 9. The Morgan fingerprint density at radius 3 is 2.36 bits per heavy atom. The Labute approximate surface area is 133 Å². The second-order valence-corrected chi connectivity index (χ2v) is 5.52. The standard InChI is InChI=1S/C17H28N2O3/c1-5-19(6-2)11-12-21-16-9-7-15(8-10-16)18-17(20)22-13-14(3)4/h7-10,14H,5-6,11-13H2,1-4H3,(H,18,20). The lowest BCUT2D eigenvalue weighted by molar-refractivity contribution is 0.147. The van der Waals surface area contributed by atoms with E-state index in [9.17, 15) is 4.79 Å². The van der Waals surface area contributed by atoms with Gasteiger partial charge in [-0.1, -0.05) is 27.7 Å². The van der Waals surface area contributed by atoms with Crippen molar-refractivity contribution in [3.05, 3.63) is 24.3 Å². The van der Waals surface area contributed by atoms with Crippen LogP contribution in [0.4, 0.5) is 10.5 Å². The third-order valence-electron chi connectivity index (χ3n) is 3.22. The Morgan fingerprint density at radius 2 is 1.82 bits per heavy atom. The predicted octanol–water partition coefficient (Wildman–Crippen LogP) is 3.61. The summed E-state index contributed by atoms with van der Waals surface area (Å²) in [5.74, 6) is 1.13. The molecule has 22 heavy (non-hydrogen) atoms. The maximum atomic E-state index is 11.5. The number of nitrogens with zero attached hydrogens (tertiary/aromatic N) is 1. The molecule has 0 aliphatic heterocycles. The van der Waals surface area contributed by atoms with Gasteiger partial charge in [-0.2, -0.15) is 0 Å². The van der Waals surface area contributed by atoms with Gasteiger partial charge in [0.2, 0.25) is 0 Å². The van der Waals surface area contributed by atoms with Crippen LogP contribution in [0.15, 0.2) is 24.3 Å². The number of nitrogens with one attached hydrogen (secondary N) is 1. The van der Waals surface area contributed by atoms with E-state index in [4.69, 9.17) is 9.47 Å². The van der Waals surface area contributed by atoms with E-state index in [0.717, 1.165) is 25.4 Å². The van der Waals surface area contributed by atoms with Gasteiger partial charge in [0.1, 0.15) is 12.4 Å². The molecule has 1 N–H and O–H groups in total. The highest BCUT2D eigenvalue weighted by molar-refractivity contribution is 5.84. The fourth-order valence-corrected chi connectivity index (χ4v) is 1.86. The molecule has 0 spiro atoms. The lowest BCUT2D eigenvalue weighted by Gasteiger charge is -2.18. The minimum absolute atomic E-state index is 0.326. The lowest BCUT2D eigenvalue weighted by Crippen LogP contribution is -2.27. The fourth-order valence-electron chi connectivity index (χ4n) is 1.86. The van der Waals surface area contributed by atoms with E-state index < -0.39 is 6.09 Å². The van der Waals surface area contributed by atoms with Crippen molar-refractivity contribution < 1.29 is 14.3 Å². The Balaban J connectivity index is 2.35. The van der Waals surface area contributed by atoms with Crippen molar-refractivity contribution in [2.45, 2.75) is 27.7 Å². The average Bonchev–Trinajstić information content (AvgIpc) is 2.51. The minimum Gasteiger partial charge on any atom is -0.492 e. The zero-order chi connectivity index (χ0) is 16.4. The molecular weight excluding hydrogens is 280 g/mol. The second-order valence-electron chi connectivity index (χ2n) is 5.52. The molecule has 5 nitrogen and oxygen atoms in total. The molecule has 0 fully saturated rings. The summed E-state index contributed by atoms with van der Waals surface area (Å²) >= 11 is 0. The molecule has 0 atom stereocenters. The lowest BCUT2D eigenvalue weighted by atomic mass is 10.2. The van der Waals surface area contributed by atoms with Crippen LogP contribution < -0.4 is 10.1 Å². The van der Waals surface area contributed by atoms with Crippen LogP contribution in [0, 0.1) is 5.92 Å². The molecule has 0 aromatic heterocycles. The van der Waals surface area contributed by atoms with E-state index in [0.29, 0.717) is 24.8 Å². The number of carbonyl (C=O) groups is 1. The fraction of sp³-hybridized carbons (Fsp3) is 0.588. The van der Waals surface area contributed by atoms with Crippen LogP contribution in [0.3, 0.4) is 0 Å². The van der Waals surface area contributed by atoms with Gasteiger partial charge >= 0.3 is 6.09 Å². The first kappa shape index (κ1) is 18.3. The summed E-state index contributed by atoms with van der Waals surface area (Å²) in [4.78, 5) is 13.9. The number of ether oxygens (including phenoxy) is 2. The number of amides is 1. The van der Waals surface area contributed by atoms with Gasteiger partial charge in [-0.05, 0) is 43.3 Å². The molecule has 1 aromatic rings. The smallest absolute Gasteiger partial charge is 0.411 e. The molecule has 0 aliphatic rings. The first-order valence-electron chi connectivity index (χ1n) is 7.94. The maximum Gasteiger partial charge on any atom is 0.411 e. The number of anilines is 1. The van der Waals surface area contributed by atoms with Gasteiger partial charge in [0.05, 0.1) is 6.61 Å². The van der Waals surface area contributed by atoms with Crippen LogP contribution in [0.1, 0.15) is 27.7 Å². The normalized spacial score (nSPS) is 10.8. The molecule has 0 saturated heterocycles. The number of benzene rings is 1. The van der Waals surface area contributed by atoms with Crippen molar-refractivity contribution in [1.29, 1.82) is 0 Å². The number of likely N-dealkylation sites (N-methyl/N-ethyl adjacent to an activating group) is 1. The van der Waals surface area contributed by atoms with Crippen molar-refractivity contribution in [1.82, 2.24) is 4.90 Å². The van der Waals surface area contributed by atoms with Gasteiger partial charge in [0.15, 0.2) is 0 Å². The van der Waals surface area contributed by atoms with E-state index in [1.54, 1.807) is 0 Å². The summed E-state index contributed by atoms with van der Waals surface area (Å²) in [5, 5.41) is 2.69. The molecule has 1 aromatic carbocycles. The molecule has 5 heteroatoms. The summed E-state index contributed by atoms with van der Waals surface area (Å²) in [6, 6.07) is 7.31. The molecular formula is C17H28N2O3. The summed E-state index contributed by atoms with van der Waals surface area (Å²) in [6.07, 6.45) is -0.427. The van der Waals surface area contributed by atoms with E-state index in [1.165, 1.54) is 0 Å². The van der Waals surface area contributed by atoms with E-state index in [1.807, 2.05) is 38.1 Å². The average molecular weight is 308 g/mol. The van der Waals surface area contributed by atoms with Crippen molar-refractivity contribution >= 4 is 11.8 Å². The molecule has 0 bridgehead atoms. The second kappa shape index (κ2) is 10.1.